The van der Waals surface area contributed by atoms with Crippen molar-refractivity contribution in [1.29, 1.82) is 0 Å². The second-order valence-electron chi connectivity index (χ2n) is 3.81. The molecule has 0 radical (unpaired) electrons. The first-order chi connectivity index (χ1) is 5.61. The van der Waals surface area contributed by atoms with Gasteiger partial charge >= 0.3 is 0 Å². The van der Waals surface area contributed by atoms with Gasteiger partial charge in [0.1, 0.15) is 0 Å². The van der Waals surface area contributed by atoms with Crippen molar-refractivity contribution in [2.24, 2.45) is 11.7 Å². The van der Waals surface area contributed by atoms with Gasteiger partial charge in [0.2, 0.25) is 0 Å². The summed E-state index contributed by atoms with van der Waals surface area (Å²) >= 11 is 0. The average molecular weight is 172 g/mol. The third kappa shape index (κ3) is 4.73. The molecular formula is C10H24N2. The molecule has 12 heavy (non-hydrogen) atoms. The van der Waals surface area contributed by atoms with Crippen molar-refractivity contribution in [2.75, 3.05) is 20.1 Å². The lowest BCUT2D eigenvalue weighted by atomic mass is 10.00. The highest BCUT2D eigenvalue weighted by Crippen LogP contribution is 2.06. The molecule has 74 valence electrons. The molecule has 0 aromatic rings. The molecule has 0 aliphatic carbocycles. The molecule has 0 spiro atoms. The lowest BCUT2D eigenvalue weighted by Gasteiger charge is -2.24. The number of rotatable bonds is 6. The van der Waals surface area contributed by atoms with E-state index in [9.17, 15) is 0 Å². The van der Waals surface area contributed by atoms with E-state index in [4.69, 9.17) is 5.73 Å². The maximum Gasteiger partial charge on any atom is 0.0193 e. The van der Waals surface area contributed by atoms with Crippen LogP contribution in [0.2, 0.25) is 0 Å². The highest BCUT2D eigenvalue weighted by molar-refractivity contribution is 4.71. The fourth-order valence-electron chi connectivity index (χ4n) is 1.32. The van der Waals surface area contributed by atoms with Crippen LogP contribution in [0.5, 0.6) is 0 Å². The van der Waals surface area contributed by atoms with E-state index < -0.39 is 0 Å². The van der Waals surface area contributed by atoms with Crippen LogP contribution in [0, 0.1) is 5.92 Å². The molecule has 0 aromatic carbocycles. The quantitative estimate of drug-likeness (QED) is 0.661. The Bertz CT molecular complexity index is 104. The van der Waals surface area contributed by atoms with Crippen LogP contribution in [0.3, 0.4) is 0 Å². The lowest BCUT2D eigenvalue weighted by Crippen LogP contribution is -2.39. The highest BCUT2D eigenvalue weighted by atomic mass is 15.1. The summed E-state index contributed by atoms with van der Waals surface area (Å²) in [4.78, 5) is 2.32. The predicted octanol–water partition coefficient (Wildman–Crippen LogP) is 1.70. The van der Waals surface area contributed by atoms with Gasteiger partial charge < -0.3 is 10.6 Å². The topological polar surface area (TPSA) is 29.3 Å². The predicted molar refractivity (Wildman–Crippen MR) is 55.2 cm³/mol. The maximum absolute atomic E-state index is 6.02. The molecule has 2 N–H and O–H groups in total. The Morgan fingerprint density at radius 3 is 2.33 bits per heavy atom. The van der Waals surface area contributed by atoms with Crippen LogP contribution in [0.15, 0.2) is 0 Å². The highest BCUT2D eigenvalue weighted by Gasteiger charge is 2.11. The zero-order valence-electron chi connectivity index (χ0n) is 9.01. The van der Waals surface area contributed by atoms with Crippen LogP contribution in [-0.4, -0.2) is 31.1 Å². The average Bonchev–Trinajstić information content (AvgIpc) is 2.03. The van der Waals surface area contributed by atoms with E-state index in [1.807, 2.05) is 0 Å². The van der Waals surface area contributed by atoms with E-state index >= 15 is 0 Å². The van der Waals surface area contributed by atoms with E-state index in [0.717, 1.165) is 13.1 Å². The summed E-state index contributed by atoms with van der Waals surface area (Å²) in [5.41, 5.74) is 6.02. The summed E-state index contributed by atoms with van der Waals surface area (Å²) in [7, 11) is 2.14. The Morgan fingerprint density at radius 1 is 1.33 bits per heavy atom. The monoisotopic (exact) mass is 172 g/mol. The zero-order chi connectivity index (χ0) is 9.56. The molecule has 0 aliphatic rings. The SMILES string of the molecule is CCCN(C)C[C@@H](N)[C@H](C)CC. The van der Waals surface area contributed by atoms with E-state index in [-0.39, 0.29) is 0 Å². The van der Waals surface area contributed by atoms with Gasteiger partial charge in [0.05, 0.1) is 0 Å². The Morgan fingerprint density at radius 2 is 1.92 bits per heavy atom. The van der Waals surface area contributed by atoms with Crippen molar-refractivity contribution >= 4 is 0 Å². The first kappa shape index (κ1) is 11.9. The largest absolute Gasteiger partial charge is 0.326 e. The summed E-state index contributed by atoms with van der Waals surface area (Å²) in [6, 6.07) is 0.339. The number of likely N-dealkylation sites (N-methyl/N-ethyl adjacent to an activating group) is 1. The van der Waals surface area contributed by atoms with Crippen LogP contribution in [0.25, 0.3) is 0 Å². The molecule has 0 saturated carbocycles. The molecule has 2 atom stereocenters. The summed E-state index contributed by atoms with van der Waals surface area (Å²) < 4.78 is 0. The van der Waals surface area contributed by atoms with E-state index in [1.54, 1.807) is 0 Å². The van der Waals surface area contributed by atoms with Gasteiger partial charge in [0, 0.05) is 12.6 Å². The Hall–Kier alpha value is -0.0800. The second-order valence-corrected chi connectivity index (χ2v) is 3.81. The Kier molecular flexibility index (Phi) is 6.39. The molecule has 0 amide bonds. The van der Waals surface area contributed by atoms with Crippen molar-refractivity contribution in [1.82, 2.24) is 4.90 Å². The molecule has 2 nitrogen and oxygen atoms in total. The van der Waals surface area contributed by atoms with Crippen molar-refractivity contribution in [3.8, 4) is 0 Å². The lowest BCUT2D eigenvalue weighted by molar-refractivity contribution is 0.274. The van der Waals surface area contributed by atoms with Gasteiger partial charge in [0.25, 0.3) is 0 Å². The van der Waals surface area contributed by atoms with E-state index in [1.165, 1.54) is 12.8 Å². The minimum absolute atomic E-state index is 0.339. The van der Waals surface area contributed by atoms with Gasteiger partial charge in [-0.1, -0.05) is 27.2 Å². The summed E-state index contributed by atoms with van der Waals surface area (Å²) in [5.74, 6) is 0.643. The number of nitrogens with zero attached hydrogens (tertiary/aromatic N) is 1. The zero-order valence-corrected chi connectivity index (χ0v) is 9.01. The smallest absolute Gasteiger partial charge is 0.0193 e. The molecule has 0 unspecified atom stereocenters. The van der Waals surface area contributed by atoms with Crippen molar-refractivity contribution < 1.29 is 0 Å². The number of hydrogen-bond acceptors (Lipinski definition) is 2. The van der Waals surface area contributed by atoms with Crippen molar-refractivity contribution in [3.05, 3.63) is 0 Å². The summed E-state index contributed by atoms with van der Waals surface area (Å²) in [5, 5.41) is 0. The normalized spacial score (nSPS) is 16.5. The molecule has 0 aromatic heterocycles. The maximum atomic E-state index is 6.02. The first-order valence-corrected chi connectivity index (χ1v) is 5.05. The third-order valence-corrected chi connectivity index (χ3v) is 2.50. The molecule has 0 aliphatic heterocycles. The van der Waals surface area contributed by atoms with Crippen molar-refractivity contribution in [2.45, 2.75) is 39.7 Å². The molecule has 0 heterocycles. The fraction of sp³-hybridized carbons (Fsp3) is 1.00. The van der Waals surface area contributed by atoms with E-state index in [2.05, 4.69) is 32.7 Å². The molecule has 0 fully saturated rings. The van der Waals surface area contributed by atoms with Crippen LogP contribution in [-0.2, 0) is 0 Å². The van der Waals surface area contributed by atoms with Gasteiger partial charge in [-0.25, -0.2) is 0 Å². The second kappa shape index (κ2) is 6.44. The van der Waals surface area contributed by atoms with Gasteiger partial charge in [-0.05, 0) is 25.9 Å². The van der Waals surface area contributed by atoms with Gasteiger partial charge in [-0.3, -0.25) is 0 Å². The van der Waals surface area contributed by atoms with Crippen LogP contribution in [0.1, 0.15) is 33.6 Å². The standard InChI is InChI=1S/C10H24N2/c1-5-7-12(4)8-10(11)9(3)6-2/h9-10H,5-8,11H2,1-4H3/t9-,10-/m1/s1. The molecular weight excluding hydrogens is 148 g/mol. The van der Waals surface area contributed by atoms with Gasteiger partial charge in [-0.15, -0.1) is 0 Å². The van der Waals surface area contributed by atoms with Gasteiger partial charge in [0.15, 0.2) is 0 Å². The third-order valence-electron chi connectivity index (χ3n) is 2.50. The molecule has 0 bridgehead atoms. The number of hydrogen-bond donors (Lipinski definition) is 1. The molecule has 2 heteroatoms. The Balaban J connectivity index is 3.59. The van der Waals surface area contributed by atoms with Crippen LogP contribution >= 0.6 is 0 Å². The first-order valence-electron chi connectivity index (χ1n) is 5.05. The summed E-state index contributed by atoms with van der Waals surface area (Å²) in [6.45, 7) is 8.81. The van der Waals surface area contributed by atoms with Gasteiger partial charge in [-0.2, -0.15) is 0 Å². The molecule has 0 saturated heterocycles. The number of nitrogens with two attached hydrogens (primary N) is 1. The van der Waals surface area contributed by atoms with Crippen LogP contribution < -0.4 is 5.73 Å². The van der Waals surface area contributed by atoms with E-state index in [0.29, 0.717) is 12.0 Å². The summed E-state index contributed by atoms with van der Waals surface area (Å²) in [6.07, 6.45) is 2.39. The Labute approximate surface area is 77.1 Å². The van der Waals surface area contributed by atoms with Crippen LogP contribution in [0.4, 0.5) is 0 Å². The van der Waals surface area contributed by atoms with Crippen molar-refractivity contribution in [3.63, 3.8) is 0 Å². The fourth-order valence-corrected chi connectivity index (χ4v) is 1.32. The minimum Gasteiger partial charge on any atom is -0.326 e. The molecule has 0 rings (SSSR count). The minimum atomic E-state index is 0.339.